The minimum Gasteiger partial charge on any atom is -0.0840 e. The van der Waals surface area contributed by atoms with Crippen molar-refractivity contribution in [2.45, 2.75) is 26.2 Å². The molecule has 0 aliphatic heterocycles. The van der Waals surface area contributed by atoms with Crippen molar-refractivity contribution >= 4 is 0 Å². The second-order valence-electron chi connectivity index (χ2n) is 4.26. The van der Waals surface area contributed by atoms with Crippen LogP contribution in [0, 0.1) is 11.8 Å². The molecular formula is C14H18. The molecule has 0 aromatic heterocycles. The van der Waals surface area contributed by atoms with E-state index < -0.39 is 0 Å². The van der Waals surface area contributed by atoms with Gasteiger partial charge < -0.3 is 0 Å². The minimum absolute atomic E-state index is 0.691. The Balaban J connectivity index is 1.97. The van der Waals surface area contributed by atoms with Crippen LogP contribution in [0.2, 0.25) is 0 Å². The lowest BCUT2D eigenvalue weighted by molar-refractivity contribution is 0.504. The normalized spacial score (nSPS) is 30.5. The van der Waals surface area contributed by atoms with Gasteiger partial charge in [0.2, 0.25) is 0 Å². The van der Waals surface area contributed by atoms with Gasteiger partial charge in [-0.05, 0) is 31.1 Å². The van der Waals surface area contributed by atoms with Crippen LogP contribution in [0.3, 0.4) is 0 Å². The molecule has 0 saturated carbocycles. The zero-order chi connectivity index (χ0) is 9.80. The van der Waals surface area contributed by atoms with E-state index in [2.05, 4.69) is 49.5 Å². The summed E-state index contributed by atoms with van der Waals surface area (Å²) in [6.07, 6.45) is 19.6. The van der Waals surface area contributed by atoms with Gasteiger partial charge in [0.1, 0.15) is 0 Å². The summed E-state index contributed by atoms with van der Waals surface area (Å²) in [6, 6.07) is 0. The number of hydrogen-bond donors (Lipinski definition) is 0. The van der Waals surface area contributed by atoms with E-state index >= 15 is 0 Å². The summed E-state index contributed by atoms with van der Waals surface area (Å²) >= 11 is 0. The second kappa shape index (κ2) is 4.45. The van der Waals surface area contributed by atoms with Gasteiger partial charge in [-0.2, -0.15) is 0 Å². The van der Waals surface area contributed by atoms with Gasteiger partial charge in [-0.3, -0.25) is 0 Å². The molecule has 0 radical (unpaired) electrons. The lowest BCUT2D eigenvalue weighted by atomic mass is 9.84. The van der Waals surface area contributed by atoms with Crippen molar-refractivity contribution in [3.8, 4) is 0 Å². The minimum atomic E-state index is 0.691. The Bertz CT molecular complexity index is 302. The molecule has 14 heavy (non-hydrogen) atoms. The highest BCUT2D eigenvalue weighted by Crippen LogP contribution is 2.27. The van der Waals surface area contributed by atoms with Crippen molar-refractivity contribution in [1.29, 1.82) is 0 Å². The van der Waals surface area contributed by atoms with Crippen LogP contribution in [0.4, 0.5) is 0 Å². The second-order valence-corrected chi connectivity index (χ2v) is 4.26. The average molecular weight is 186 g/mol. The molecule has 0 spiro atoms. The molecular weight excluding hydrogens is 168 g/mol. The summed E-state index contributed by atoms with van der Waals surface area (Å²) in [5.74, 6) is 1.39. The Kier molecular flexibility index (Phi) is 3.03. The molecule has 0 nitrogen and oxygen atoms in total. The van der Waals surface area contributed by atoms with Gasteiger partial charge in [0.05, 0.1) is 0 Å². The van der Waals surface area contributed by atoms with Crippen molar-refractivity contribution in [3.05, 3.63) is 48.1 Å². The van der Waals surface area contributed by atoms with Gasteiger partial charge in [-0.25, -0.2) is 0 Å². The Morgan fingerprint density at radius 1 is 1.21 bits per heavy atom. The van der Waals surface area contributed by atoms with Crippen LogP contribution in [-0.2, 0) is 0 Å². The van der Waals surface area contributed by atoms with Crippen molar-refractivity contribution in [3.63, 3.8) is 0 Å². The quantitative estimate of drug-likeness (QED) is 0.610. The van der Waals surface area contributed by atoms with Crippen molar-refractivity contribution < 1.29 is 0 Å². The molecule has 0 amide bonds. The highest BCUT2D eigenvalue weighted by atomic mass is 14.2. The van der Waals surface area contributed by atoms with Gasteiger partial charge in [0, 0.05) is 0 Å². The molecule has 2 aliphatic carbocycles. The molecule has 0 N–H and O–H groups in total. The van der Waals surface area contributed by atoms with Crippen LogP contribution in [0.1, 0.15) is 26.2 Å². The van der Waals surface area contributed by atoms with E-state index in [1.165, 1.54) is 24.8 Å². The zero-order valence-corrected chi connectivity index (χ0v) is 8.82. The maximum atomic E-state index is 2.39. The zero-order valence-electron chi connectivity index (χ0n) is 8.82. The molecule has 74 valence electrons. The Labute approximate surface area is 86.7 Å². The Hall–Kier alpha value is -1.04. The van der Waals surface area contributed by atoms with Crippen molar-refractivity contribution in [2.75, 3.05) is 0 Å². The van der Waals surface area contributed by atoms with Gasteiger partial charge in [-0.1, -0.05) is 55.0 Å². The first-order chi connectivity index (χ1) is 6.86. The van der Waals surface area contributed by atoms with Crippen molar-refractivity contribution in [1.82, 2.24) is 0 Å². The average Bonchev–Trinajstić information content (AvgIpc) is 2.23. The van der Waals surface area contributed by atoms with Gasteiger partial charge >= 0.3 is 0 Å². The molecule has 2 aliphatic rings. The molecule has 0 saturated heterocycles. The van der Waals surface area contributed by atoms with Crippen LogP contribution >= 0.6 is 0 Å². The molecule has 0 aromatic rings. The SMILES string of the molecule is CC1C=CC=CC1CC1=CCCC=C1. The van der Waals surface area contributed by atoms with Crippen molar-refractivity contribution in [2.24, 2.45) is 11.8 Å². The number of rotatable bonds is 2. The molecule has 0 fully saturated rings. The largest absolute Gasteiger partial charge is 0.0840 e. The van der Waals surface area contributed by atoms with Gasteiger partial charge in [-0.15, -0.1) is 0 Å². The summed E-state index contributed by atoms with van der Waals surface area (Å²) in [5.41, 5.74) is 1.52. The monoisotopic (exact) mass is 186 g/mol. The van der Waals surface area contributed by atoms with Crippen LogP contribution in [0.5, 0.6) is 0 Å². The smallest absolute Gasteiger partial charge is 0.0130 e. The maximum Gasteiger partial charge on any atom is -0.0130 e. The van der Waals surface area contributed by atoms with Crippen LogP contribution < -0.4 is 0 Å². The van der Waals surface area contributed by atoms with E-state index in [0.29, 0.717) is 11.8 Å². The van der Waals surface area contributed by atoms with Crippen LogP contribution in [0.15, 0.2) is 48.1 Å². The highest BCUT2D eigenvalue weighted by Gasteiger charge is 2.14. The summed E-state index contributed by atoms with van der Waals surface area (Å²) in [4.78, 5) is 0. The van der Waals surface area contributed by atoms with E-state index in [4.69, 9.17) is 0 Å². The fourth-order valence-corrected chi connectivity index (χ4v) is 2.11. The van der Waals surface area contributed by atoms with E-state index in [-0.39, 0.29) is 0 Å². The van der Waals surface area contributed by atoms with Crippen LogP contribution in [-0.4, -0.2) is 0 Å². The van der Waals surface area contributed by atoms with Gasteiger partial charge in [0.25, 0.3) is 0 Å². The summed E-state index contributed by atoms with van der Waals surface area (Å²) in [5, 5.41) is 0. The molecule has 0 aromatic carbocycles. The number of hydrogen-bond acceptors (Lipinski definition) is 0. The van der Waals surface area contributed by atoms with E-state index in [9.17, 15) is 0 Å². The predicted octanol–water partition coefficient (Wildman–Crippen LogP) is 4.03. The molecule has 0 heterocycles. The van der Waals surface area contributed by atoms with Crippen LogP contribution in [0.25, 0.3) is 0 Å². The summed E-state index contributed by atoms with van der Waals surface area (Å²) < 4.78 is 0. The summed E-state index contributed by atoms with van der Waals surface area (Å²) in [7, 11) is 0. The van der Waals surface area contributed by atoms with Gasteiger partial charge in [0.15, 0.2) is 0 Å². The predicted molar refractivity (Wildman–Crippen MR) is 62.0 cm³/mol. The lowest BCUT2D eigenvalue weighted by Gasteiger charge is -2.21. The third kappa shape index (κ3) is 2.25. The van der Waals surface area contributed by atoms with E-state index in [0.717, 1.165) is 0 Å². The first-order valence-corrected chi connectivity index (χ1v) is 5.57. The maximum absolute atomic E-state index is 2.39. The highest BCUT2D eigenvalue weighted by molar-refractivity contribution is 5.25. The number of allylic oxidation sites excluding steroid dienone is 8. The lowest BCUT2D eigenvalue weighted by Crippen LogP contribution is -2.10. The molecule has 0 heteroatoms. The summed E-state index contributed by atoms with van der Waals surface area (Å²) in [6.45, 7) is 2.30. The van der Waals surface area contributed by atoms with E-state index in [1.807, 2.05) is 0 Å². The third-order valence-corrected chi connectivity index (χ3v) is 3.10. The fraction of sp³-hybridized carbons (Fsp3) is 0.429. The molecule has 2 atom stereocenters. The first kappa shape index (κ1) is 9.51. The Morgan fingerprint density at radius 3 is 2.79 bits per heavy atom. The molecule has 2 unspecified atom stereocenters. The standard InChI is InChI=1S/C14H18/c1-12-7-5-6-10-14(12)11-13-8-3-2-4-9-13/h3,5-10,12,14H,2,4,11H2,1H3. The van der Waals surface area contributed by atoms with E-state index in [1.54, 1.807) is 0 Å². The fourth-order valence-electron chi connectivity index (χ4n) is 2.11. The topological polar surface area (TPSA) is 0 Å². The Morgan fingerprint density at radius 2 is 2.07 bits per heavy atom. The molecule has 2 rings (SSSR count). The molecule has 0 bridgehead atoms. The first-order valence-electron chi connectivity index (χ1n) is 5.57. The third-order valence-electron chi connectivity index (χ3n) is 3.10.